The summed E-state index contributed by atoms with van der Waals surface area (Å²) in [6.07, 6.45) is 6.58. The summed E-state index contributed by atoms with van der Waals surface area (Å²) in [7, 11) is 0. The van der Waals surface area contributed by atoms with Gasteiger partial charge in [0.1, 0.15) is 6.33 Å². The summed E-state index contributed by atoms with van der Waals surface area (Å²) in [5.74, 6) is 0.290. The van der Waals surface area contributed by atoms with Crippen LogP contribution >= 0.6 is 0 Å². The molecule has 12 heteroatoms. The van der Waals surface area contributed by atoms with Crippen LogP contribution in [0.15, 0.2) is 63.3 Å². The molecule has 1 aromatic carbocycles. The van der Waals surface area contributed by atoms with Crippen molar-refractivity contribution in [2.45, 2.75) is 19.3 Å². The van der Waals surface area contributed by atoms with Crippen molar-refractivity contribution in [3.63, 3.8) is 0 Å². The van der Waals surface area contributed by atoms with E-state index in [0.29, 0.717) is 11.3 Å². The Hall–Kier alpha value is -4.74. The van der Waals surface area contributed by atoms with Crippen molar-refractivity contribution in [1.82, 2.24) is 34.3 Å². The van der Waals surface area contributed by atoms with Gasteiger partial charge in [-0.1, -0.05) is 0 Å². The zero-order chi connectivity index (χ0) is 23.9. The van der Waals surface area contributed by atoms with Gasteiger partial charge in [-0.3, -0.25) is 19.6 Å². The summed E-state index contributed by atoms with van der Waals surface area (Å²) in [4.78, 5) is 56.8. The second-order valence-corrected chi connectivity index (χ2v) is 8.37. The van der Waals surface area contributed by atoms with E-state index in [-0.39, 0.29) is 16.8 Å². The van der Waals surface area contributed by atoms with Crippen LogP contribution < -0.4 is 27.0 Å². The molecule has 0 spiro atoms. The Morgan fingerprint density at radius 2 is 1.69 bits per heavy atom. The normalized spacial score (nSPS) is 14.0. The van der Waals surface area contributed by atoms with Crippen LogP contribution in [0.3, 0.4) is 0 Å². The van der Waals surface area contributed by atoms with Crippen LogP contribution in [0.2, 0.25) is 0 Å². The molecule has 35 heavy (non-hydrogen) atoms. The molecule has 6 rings (SSSR count). The molecule has 12 nitrogen and oxygen atoms in total. The summed E-state index contributed by atoms with van der Waals surface area (Å²) in [5.41, 5.74) is 0.556. The first-order valence-corrected chi connectivity index (χ1v) is 11.3. The first-order valence-electron chi connectivity index (χ1n) is 11.3. The largest absolute Gasteiger partial charge is 0.372 e. The average molecular weight is 471 g/mol. The number of anilines is 3. The zero-order valence-electron chi connectivity index (χ0n) is 18.6. The molecule has 0 amide bonds. The third-order valence-corrected chi connectivity index (χ3v) is 6.09. The lowest BCUT2D eigenvalue weighted by Crippen LogP contribution is -2.29. The molecule has 1 aliphatic rings. The number of H-pyrrole nitrogens is 2. The molecule has 1 aliphatic heterocycles. The van der Waals surface area contributed by atoms with E-state index in [9.17, 15) is 14.4 Å². The highest BCUT2D eigenvalue weighted by molar-refractivity contribution is 5.77. The monoisotopic (exact) mass is 471 g/mol. The van der Waals surface area contributed by atoms with E-state index >= 15 is 0 Å². The molecule has 0 radical (unpaired) electrons. The van der Waals surface area contributed by atoms with Gasteiger partial charge in [0.25, 0.3) is 11.1 Å². The maximum atomic E-state index is 12.9. The first-order chi connectivity index (χ1) is 17.1. The maximum Gasteiger partial charge on any atom is 0.327 e. The zero-order valence-corrected chi connectivity index (χ0v) is 18.6. The Labute approximate surface area is 196 Å². The lowest BCUT2D eigenvalue weighted by molar-refractivity contribution is 0.578. The van der Waals surface area contributed by atoms with Gasteiger partial charge in [-0.15, -0.1) is 0 Å². The summed E-state index contributed by atoms with van der Waals surface area (Å²) < 4.78 is 2.52. The third-order valence-electron chi connectivity index (χ3n) is 6.09. The Kier molecular flexibility index (Phi) is 4.90. The Balaban J connectivity index is 1.40. The van der Waals surface area contributed by atoms with Crippen molar-refractivity contribution in [1.29, 1.82) is 0 Å². The highest BCUT2D eigenvalue weighted by Gasteiger charge is 2.15. The Bertz CT molecular complexity index is 1720. The van der Waals surface area contributed by atoms with Crippen molar-refractivity contribution >= 4 is 39.5 Å². The fourth-order valence-corrected chi connectivity index (χ4v) is 4.39. The predicted octanol–water partition coefficient (Wildman–Crippen LogP) is 1.56. The van der Waals surface area contributed by atoms with Crippen LogP contribution in [0, 0.1) is 0 Å². The smallest absolute Gasteiger partial charge is 0.327 e. The standard InChI is InChI=1S/C23H21N9O3/c33-17-9-4-14-12-24-22(26-15-5-7-16(8-6-15)30-10-2-1-3-11-30)27-19(14)32(17)31-13-25-18-20(31)28-23(35)29-21(18)34/h4-9,12-13H,1-3,10-11H2,(H,24,26,27)(H2,28,29,34,35). The van der Waals surface area contributed by atoms with E-state index in [0.717, 1.165) is 18.8 Å². The van der Waals surface area contributed by atoms with Gasteiger partial charge in [-0.25, -0.2) is 19.4 Å². The number of hydrogen-bond acceptors (Lipinski definition) is 8. The second-order valence-electron chi connectivity index (χ2n) is 8.37. The molecule has 0 unspecified atom stereocenters. The molecule has 0 bridgehead atoms. The highest BCUT2D eigenvalue weighted by Crippen LogP contribution is 2.23. The van der Waals surface area contributed by atoms with Gasteiger partial charge >= 0.3 is 5.69 Å². The van der Waals surface area contributed by atoms with E-state index < -0.39 is 16.8 Å². The molecular formula is C23H21N9O3. The topological polar surface area (TPSA) is 147 Å². The number of rotatable bonds is 4. The van der Waals surface area contributed by atoms with Crippen molar-refractivity contribution in [2.24, 2.45) is 0 Å². The van der Waals surface area contributed by atoms with E-state index in [4.69, 9.17) is 0 Å². The van der Waals surface area contributed by atoms with E-state index in [2.05, 4.69) is 47.3 Å². The van der Waals surface area contributed by atoms with Gasteiger partial charge in [0, 0.05) is 42.1 Å². The number of nitrogens with one attached hydrogen (secondary N) is 3. The number of aromatic nitrogens is 7. The maximum absolute atomic E-state index is 12.9. The minimum Gasteiger partial charge on any atom is -0.372 e. The molecule has 0 saturated carbocycles. The third kappa shape index (κ3) is 3.74. The van der Waals surface area contributed by atoms with Crippen LogP contribution in [0.1, 0.15) is 19.3 Å². The number of benzene rings is 1. The molecule has 0 aliphatic carbocycles. The highest BCUT2D eigenvalue weighted by atomic mass is 16.2. The van der Waals surface area contributed by atoms with Crippen molar-refractivity contribution in [3.05, 3.63) is 80.1 Å². The van der Waals surface area contributed by atoms with E-state index in [1.54, 1.807) is 12.3 Å². The number of pyridine rings is 1. The molecule has 5 aromatic rings. The molecule has 5 heterocycles. The SMILES string of the molecule is O=c1[nH]c(=O)c2ncn(-n3c(=O)ccc4cnc(Nc5ccc(N6CCCCC6)cc5)nc43)c2[nH]1. The fourth-order valence-electron chi connectivity index (χ4n) is 4.39. The van der Waals surface area contributed by atoms with Gasteiger partial charge in [0.15, 0.2) is 16.8 Å². The van der Waals surface area contributed by atoms with E-state index in [1.165, 1.54) is 46.7 Å². The van der Waals surface area contributed by atoms with Gasteiger partial charge < -0.3 is 10.2 Å². The lowest BCUT2D eigenvalue weighted by Gasteiger charge is -2.28. The van der Waals surface area contributed by atoms with Crippen LogP contribution in [-0.2, 0) is 0 Å². The number of imidazole rings is 1. The van der Waals surface area contributed by atoms with Gasteiger partial charge in [-0.05, 0) is 49.6 Å². The molecule has 1 fully saturated rings. The van der Waals surface area contributed by atoms with E-state index in [1.807, 2.05) is 12.1 Å². The number of fused-ring (bicyclic) bond motifs is 2. The van der Waals surface area contributed by atoms with Crippen LogP contribution in [0.25, 0.3) is 22.2 Å². The average Bonchev–Trinajstić information content (AvgIpc) is 3.28. The molecule has 4 aromatic heterocycles. The number of piperidine rings is 1. The number of hydrogen-bond donors (Lipinski definition) is 3. The van der Waals surface area contributed by atoms with Crippen molar-refractivity contribution < 1.29 is 0 Å². The molecule has 3 N–H and O–H groups in total. The summed E-state index contributed by atoms with van der Waals surface area (Å²) in [5, 5.41) is 3.77. The predicted molar refractivity (Wildman–Crippen MR) is 131 cm³/mol. The van der Waals surface area contributed by atoms with Gasteiger partial charge in [0.05, 0.1) is 0 Å². The number of nitrogens with zero attached hydrogens (tertiary/aromatic N) is 6. The van der Waals surface area contributed by atoms with Crippen LogP contribution in [-0.4, -0.2) is 47.4 Å². The Morgan fingerprint density at radius 1 is 0.886 bits per heavy atom. The number of aromatic amines is 2. The van der Waals surface area contributed by atoms with Crippen molar-refractivity contribution in [2.75, 3.05) is 23.3 Å². The fraction of sp³-hybridized carbons (Fsp3) is 0.217. The summed E-state index contributed by atoms with van der Waals surface area (Å²) in [6, 6.07) is 11.0. The molecule has 0 atom stereocenters. The minimum atomic E-state index is -0.706. The Morgan fingerprint density at radius 3 is 2.49 bits per heavy atom. The lowest BCUT2D eigenvalue weighted by atomic mass is 10.1. The molecular weight excluding hydrogens is 450 g/mol. The van der Waals surface area contributed by atoms with Crippen LogP contribution in [0.4, 0.5) is 17.3 Å². The molecule has 1 saturated heterocycles. The van der Waals surface area contributed by atoms with Crippen LogP contribution in [0.5, 0.6) is 0 Å². The summed E-state index contributed by atoms with van der Waals surface area (Å²) in [6.45, 7) is 2.14. The molecule has 176 valence electrons. The van der Waals surface area contributed by atoms with Crippen molar-refractivity contribution in [3.8, 4) is 0 Å². The first kappa shape index (κ1) is 20.8. The second kappa shape index (κ2) is 8.24. The van der Waals surface area contributed by atoms with Gasteiger partial charge in [0.2, 0.25) is 5.95 Å². The van der Waals surface area contributed by atoms with Gasteiger partial charge in [-0.2, -0.15) is 9.66 Å². The minimum absolute atomic E-state index is 0.00490. The summed E-state index contributed by atoms with van der Waals surface area (Å²) >= 11 is 0. The quantitative estimate of drug-likeness (QED) is 0.358.